The average Bonchev–Trinajstić information content (AvgIpc) is 2.30. The van der Waals surface area contributed by atoms with E-state index in [0.29, 0.717) is 0 Å². The molecular weight excluding hydrogens is 174 g/mol. The van der Waals surface area contributed by atoms with E-state index in [4.69, 9.17) is 5.11 Å². The lowest BCUT2D eigenvalue weighted by Crippen LogP contribution is -1.90. The first-order chi connectivity index (χ1) is 6.92. The number of benzene rings is 1. The molecule has 0 saturated heterocycles. The fourth-order valence-corrected chi connectivity index (χ4v) is 1.43. The van der Waals surface area contributed by atoms with Gasteiger partial charge >= 0.3 is 0 Å². The van der Waals surface area contributed by atoms with Crippen molar-refractivity contribution in [2.75, 3.05) is 0 Å². The highest BCUT2D eigenvalue weighted by Gasteiger charge is 2.02. The van der Waals surface area contributed by atoms with E-state index < -0.39 is 0 Å². The third kappa shape index (κ3) is 1.65. The van der Waals surface area contributed by atoms with Crippen molar-refractivity contribution in [3.8, 4) is 11.3 Å². The van der Waals surface area contributed by atoms with Gasteiger partial charge in [0, 0.05) is 11.8 Å². The van der Waals surface area contributed by atoms with Crippen molar-refractivity contribution in [2.24, 2.45) is 0 Å². The minimum absolute atomic E-state index is 0.0484. The van der Waals surface area contributed by atoms with Gasteiger partial charge in [-0.25, -0.2) is 0 Å². The minimum atomic E-state index is 0.0484. The summed E-state index contributed by atoms with van der Waals surface area (Å²) in [5.74, 6) is 0. The Morgan fingerprint density at radius 1 is 1.00 bits per heavy atom. The lowest BCUT2D eigenvalue weighted by molar-refractivity contribution is 0.282. The topological polar surface area (TPSA) is 33.1 Å². The second-order valence-electron chi connectivity index (χ2n) is 3.03. The Hall–Kier alpha value is -1.67. The van der Waals surface area contributed by atoms with Crippen molar-refractivity contribution < 1.29 is 5.11 Å². The summed E-state index contributed by atoms with van der Waals surface area (Å²) < 4.78 is 0. The molecule has 0 aliphatic carbocycles. The Kier molecular flexibility index (Phi) is 2.56. The summed E-state index contributed by atoms with van der Waals surface area (Å²) in [7, 11) is 0. The number of pyridine rings is 1. The van der Waals surface area contributed by atoms with E-state index in [9.17, 15) is 0 Å². The fourth-order valence-electron chi connectivity index (χ4n) is 1.43. The molecule has 0 aliphatic heterocycles. The molecule has 0 amide bonds. The Balaban J connectivity index is 2.51. The van der Waals surface area contributed by atoms with Crippen LogP contribution >= 0.6 is 0 Å². The number of aliphatic hydroxyl groups is 1. The SMILES string of the molecule is OCc1ccccc1-c1ccccn1. The molecule has 0 bridgehead atoms. The summed E-state index contributed by atoms with van der Waals surface area (Å²) in [6.45, 7) is 0.0484. The summed E-state index contributed by atoms with van der Waals surface area (Å²) in [6, 6.07) is 13.5. The molecule has 0 aliphatic rings. The van der Waals surface area contributed by atoms with Gasteiger partial charge < -0.3 is 5.11 Å². The van der Waals surface area contributed by atoms with Gasteiger partial charge in [-0.05, 0) is 17.7 Å². The van der Waals surface area contributed by atoms with Crippen molar-refractivity contribution >= 4 is 0 Å². The van der Waals surface area contributed by atoms with E-state index in [1.807, 2.05) is 42.5 Å². The highest BCUT2D eigenvalue weighted by molar-refractivity contribution is 5.63. The molecule has 0 atom stereocenters. The minimum Gasteiger partial charge on any atom is -0.392 e. The molecule has 2 nitrogen and oxygen atoms in total. The van der Waals surface area contributed by atoms with Crippen LogP contribution in [0.5, 0.6) is 0 Å². The van der Waals surface area contributed by atoms with Crippen molar-refractivity contribution in [2.45, 2.75) is 6.61 Å². The van der Waals surface area contributed by atoms with Crippen LogP contribution in [0.1, 0.15) is 5.56 Å². The van der Waals surface area contributed by atoms with Gasteiger partial charge in [0.15, 0.2) is 0 Å². The fraction of sp³-hybridized carbons (Fsp3) is 0.0833. The number of aliphatic hydroxyl groups excluding tert-OH is 1. The van der Waals surface area contributed by atoms with Crippen molar-refractivity contribution in [1.82, 2.24) is 4.98 Å². The lowest BCUT2D eigenvalue weighted by atomic mass is 10.0. The molecule has 1 aromatic heterocycles. The first kappa shape index (κ1) is 8.91. The molecule has 14 heavy (non-hydrogen) atoms. The van der Waals surface area contributed by atoms with Crippen LogP contribution in [0.3, 0.4) is 0 Å². The Morgan fingerprint density at radius 2 is 1.79 bits per heavy atom. The zero-order valence-corrected chi connectivity index (χ0v) is 7.72. The van der Waals surface area contributed by atoms with Crippen LogP contribution < -0.4 is 0 Å². The maximum Gasteiger partial charge on any atom is 0.0705 e. The number of nitrogens with zero attached hydrogens (tertiary/aromatic N) is 1. The third-order valence-electron chi connectivity index (χ3n) is 2.13. The Labute approximate surface area is 82.9 Å². The van der Waals surface area contributed by atoms with Gasteiger partial charge in [-0.1, -0.05) is 30.3 Å². The standard InChI is InChI=1S/C12H11NO/c14-9-10-5-1-2-6-11(10)12-7-3-4-8-13-12/h1-8,14H,9H2. The summed E-state index contributed by atoms with van der Waals surface area (Å²) in [6.07, 6.45) is 1.75. The number of hydrogen-bond acceptors (Lipinski definition) is 2. The highest BCUT2D eigenvalue weighted by atomic mass is 16.3. The molecule has 0 spiro atoms. The Bertz CT molecular complexity index is 412. The molecule has 1 aromatic carbocycles. The first-order valence-corrected chi connectivity index (χ1v) is 4.52. The Morgan fingerprint density at radius 3 is 2.50 bits per heavy atom. The molecule has 2 heteroatoms. The van der Waals surface area contributed by atoms with Gasteiger partial charge in [-0.2, -0.15) is 0 Å². The van der Waals surface area contributed by atoms with E-state index in [-0.39, 0.29) is 6.61 Å². The average molecular weight is 185 g/mol. The number of rotatable bonds is 2. The summed E-state index contributed by atoms with van der Waals surface area (Å²) >= 11 is 0. The molecule has 0 saturated carbocycles. The van der Waals surface area contributed by atoms with Gasteiger partial charge in [0.2, 0.25) is 0 Å². The van der Waals surface area contributed by atoms with Gasteiger partial charge in [0.1, 0.15) is 0 Å². The third-order valence-corrected chi connectivity index (χ3v) is 2.13. The summed E-state index contributed by atoms with van der Waals surface area (Å²) in [4.78, 5) is 4.25. The van der Waals surface area contributed by atoms with Gasteiger partial charge in [0.05, 0.1) is 12.3 Å². The predicted octanol–water partition coefficient (Wildman–Crippen LogP) is 2.24. The van der Waals surface area contributed by atoms with E-state index in [1.54, 1.807) is 6.20 Å². The van der Waals surface area contributed by atoms with Crippen molar-refractivity contribution in [1.29, 1.82) is 0 Å². The lowest BCUT2D eigenvalue weighted by Gasteiger charge is -2.05. The molecule has 2 rings (SSSR count). The molecule has 0 radical (unpaired) electrons. The predicted molar refractivity (Wildman–Crippen MR) is 55.6 cm³/mol. The molecule has 1 heterocycles. The second kappa shape index (κ2) is 4.03. The second-order valence-corrected chi connectivity index (χ2v) is 3.03. The monoisotopic (exact) mass is 185 g/mol. The number of hydrogen-bond donors (Lipinski definition) is 1. The molecule has 1 N–H and O–H groups in total. The van der Waals surface area contributed by atoms with Gasteiger partial charge in [-0.3, -0.25) is 4.98 Å². The normalized spacial score (nSPS) is 10.1. The van der Waals surface area contributed by atoms with Crippen molar-refractivity contribution in [3.05, 3.63) is 54.2 Å². The molecule has 0 unspecified atom stereocenters. The summed E-state index contributed by atoms with van der Waals surface area (Å²) in [5.41, 5.74) is 2.80. The molecule has 2 aromatic rings. The van der Waals surface area contributed by atoms with Crippen molar-refractivity contribution in [3.63, 3.8) is 0 Å². The van der Waals surface area contributed by atoms with E-state index in [2.05, 4.69) is 4.98 Å². The molecule has 0 fully saturated rings. The molecule has 70 valence electrons. The smallest absolute Gasteiger partial charge is 0.0705 e. The van der Waals surface area contributed by atoms with Gasteiger partial charge in [0.25, 0.3) is 0 Å². The van der Waals surface area contributed by atoms with E-state index in [1.165, 1.54) is 0 Å². The summed E-state index contributed by atoms with van der Waals surface area (Å²) in [5, 5.41) is 9.15. The van der Waals surface area contributed by atoms with Crippen LogP contribution in [0, 0.1) is 0 Å². The zero-order valence-electron chi connectivity index (χ0n) is 7.72. The maximum atomic E-state index is 9.15. The first-order valence-electron chi connectivity index (χ1n) is 4.52. The van der Waals surface area contributed by atoms with Crippen LogP contribution in [0.2, 0.25) is 0 Å². The van der Waals surface area contributed by atoms with Crippen LogP contribution in [0.4, 0.5) is 0 Å². The quantitative estimate of drug-likeness (QED) is 0.778. The molecular formula is C12H11NO. The van der Waals surface area contributed by atoms with Crippen LogP contribution in [-0.4, -0.2) is 10.1 Å². The maximum absolute atomic E-state index is 9.15. The van der Waals surface area contributed by atoms with E-state index in [0.717, 1.165) is 16.8 Å². The van der Waals surface area contributed by atoms with Gasteiger partial charge in [-0.15, -0.1) is 0 Å². The van der Waals surface area contributed by atoms with Crippen LogP contribution in [0.15, 0.2) is 48.7 Å². The number of aromatic nitrogens is 1. The zero-order chi connectivity index (χ0) is 9.80. The largest absolute Gasteiger partial charge is 0.392 e. The highest BCUT2D eigenvalue weighted by Crippen LogP contribution is 2.20. The van der Waals surface area contributed by atoms with Crippen LogP contribution in [-0.2, 0) is 6.61 Å². The van der Waals surface area contributed by atoms with E-state index >= 15 is 0 Å². The van der Waals surface area contributed by atoms with Crippen LogP contribution in [0.25, 0.3) is 11.3 Å².